The predicted molar refractivity (Wildman–Crippen MR) is 123 cm³/mol. The molecular weight excluding hydrogens is 394 g/mol. The summed E-state index contributed by atoms with van der Waals surface area (Å²) in [5, 5.41) is 6.32. The number of amides is 1. The zero-order valence-corrected chi connectivity index (χ0v) is 18.0. The van der Waals surface area contributed by atoms with Gasteiger partial charge in [0.15, 0.2) is 5.16 Å². The lowest BCUT2D eigenvalue weighted by atomic mass is 10.0. The molecule has 0 fully saturated rings. The van der Waals surface area contributed by atoms with E-state index in [1.165, 1.54) is 22.5 Å². The van der Waals surface area contributed by atoms with Gasteiger partial charge in [-0.2, -0.15) is 0 Å². The summed E-state index contributed by atoms with van der Waals surface area (Å²) in [6.45, 7) is 3.31. The van der Waals surface area contributed by atoms with Crippen molar-refractivity contribution in [3.63, 3.8) is 0 Å². The van der Waals surface area contributed by atoms with Crippen molar-refractivity contribution in [2.75, 3.05) is 19.5 Å². The van der Waals surface area contributed by atoms with Crippen molar-refractivity contribution in [2.45, 2.75) is 24.7 Å². The maximum absolute atomic E-state index is 12.6. The third-order valence-electron chi connectivity index (χ3n) is 5.12. The van der Waals surface area contributed by atoms with E-state index < -0.39 is 0 Å². The van der Waals surface area contributed by atoms with Gasteiger partial charge >= 0.3 is 0 Å². The fourth-order valence-electron chi connectivity index (χ4n) is 3.54. The van der Waals surface area contributed by atoms with Crippen molar-refractivity contribution >= 4 is 39.5 Å². The van der Waals surface area contributed by atoms with Crippen LogP contribution in [-0.2, 0) is 16.1 Å². The normalized spacial score (nSPS) is 12.3. The molecule has 4 rings (SSSR count). The van der Waals surface area contributed by atoms with Crippen molar-refractivity contribution < 1.29 is 9.53 Å². The molecule has 1 atom stereocenters. The van der Waals surface area contributed by atoms with Crippen LogP contribution >= 0.6 is 11.8 Å². The number of fused-ring (bicyclic) bond motifs is 2. The average Bonchev–Trinajstić information content (AvgIpc) is 3.13. The van der Waals surface area contributed by atoms with Crippen LogP contribution < -0.4 is 5.32 Å². The van der Waals surface area contributed by atoms with E-state index in [0.717, 1.165) is 21.8 Å². The molecule has 1 unspecified atom stereocenters. The monoisotopic (exact) mass is 419 g/mol. The van der Waals surface area contributed by atoms with Gasteiger partial charge in [0.05, 0.1) is 29.4 Å². The Kier molecular flexibility index (Phi) is 6.35. The second kappa shape index (κ2) is 9.32. The molecule has 30 heavy (non-hydrogen) atoms. The Bertz CT molecular complexity index is 1170. The van der Waals surface area contributed by atoms with E-state index in [2.05, 4.69) is 40.2 Å². The molecule has 1 amide bonds. The van der Waals surface area contributed by atoms with Crippen molar-refractivity contribution in [3.05, 3.63) is 72.3 Å². The van der Waals surface area contributed by atoms with Gasteiger partial charge in [-0.25, -0.2) is 4.98 Å². The summed E-state index contributed by atoms with van der Waals surface area (Å²) in [7, 11) is 1.69. The number of carbonyl (C=O) groups excluding carboxylic acids is 1. The van der Waals surface area contributed by atoms with Gasteiger partial charge in [-0.3, -0.25) is 4.79 Å². The molecule has 1 N–H and O–H groups in total. The second-order valence-corrected chi connectivity index (χ2v) is 8.15. The standard InChI is InChI=1S/C24H25N3O2S/c1-17(19-12-11-18-7-3-4-8-20(18)15-19)25-23(28)16-30-24-26-21-9-5-6-10-22(21)27(24)13-14-29-2/h3-12,15,17H,13-14,16H2,1-2H3,(H,25,28). The Morgan fingerprint density at radius 2 is 1.87 bits per heavy atom. The number of thioether (sulfide) groups is 1. The molecule has 0 aliphatic carbocycles. The fourth-order valence-corrected chi connectivity index (χ4v) is 4.39. The summed E-state index contributed by atoms with van der Waals surface area (Å²) < 4.78 is 7.35. The van der Waals surface area contributed by atoms with Gasteiger partial charge in [0.2, 0.25) is 5.91 Å². The molecule has 1 aromatic heterocycles. The van der Waals surface area contributed by atoms with Crippen LogP contribution in [0.25, 0.3) is 21.8 Å². The number of nitrogens with zero attached hydrogens (tertiary/aromatic N) is 2. The largest absolute Gasteiger partial charge is 0.383 e. The Hall–Kier alpha value is -2.83. The number of hydrogen-bond donors (Lipinski definition) is 1. The number of rotatable bonds is 8. The molecular formula is C24H25N3O2S. The van der Waals surface area contributed by atoms with E-state index in [-0.39, 0.29) is 11.9 Å². The molecule has 0 saturated heterocycles. The van der Waals surface area contributed by atoms with Crippen LogP contribution in [0.5, 0.6) is 0 Å². The number of imidazole rings is 1. The fraction of sp³-hybridized carbons (Fsp3) is 0.250. The van der Waals surface area contributed by atoms with Crippen LogP contribution in [0, 0.1) is 0 Å². The molecule has 0 aliphatic heterocycles. The summed E-state index contributed by atoms with van der Waals surface area (Å²) in [4.78, 5) is 17.3. The minimum absolute atomic E-state index is 0.00833. The molecule has 0 bridgehead atoms. The van der Waals surface area contributed by atoms with Crippen LogP contribution in [0.15, 0.2) is 71.9 Å². The van der Waals surface area contributed by atoms with Gasteiger partial charge in [-0.05, 0) is 41.5 Å². The van der Waals surface area contributed by atoms with E-state index in [1.54, 1.807) is 7.11 Å². The smallest absolute Gasteiger partial charge is 0.230 e. The third-order valence-corrected chi connectivity index (χ3v) is 6.10. The minimum atomic E-state index is -0.0602. The first kappa shape index (κ1) is 20.4. The van der Waals surface area contributed by atoms with E-state index in [9.17, 15) is 4.79 Å². The van der Waals surface area contributed by atoms with Gasteiger partial charge in [-0.15, -0.1) is 0 Å². The van der Waals surface area contributed by atoms with Crippen LogP contribution in [-0.4, -0.2) is 34.9 Å². The van der Waals surface area contributed by atoms with Crippen LogP contribution in [0.4, 0.5) is 0 Å². The molecule has 0 aliphatic rings. The Morgan fingerprint density at radius 3 is 2.70 bits per heavy atom. The summed E-state index contributed by atoms with van der Waals surface area (Å²) in [6, 6.07) is 22.5. The van der Waals surface area contributed by atoms with E-state index in [0.29, 0.717) is 18.9 Å². The number of aromatic nitrogens is 2. The maximum atomic E-state index is 12.6. The zero-order chi connectivity index (χ0) is 20.9. The predicted octanol–water partition coefficient (Wildman–Crippen LogP) is 4.81. The number of hydrogen-bond acceptors (Lipinski definition) is 4. The van der Waals surface area contributed by atoms with Gasteiger partial charge in [0, 0.05) is 13.7 Å². The number of carbonyl (C=O) groups is 1. The molecule has 6 heteroatoms. The highest BCUT2D eigenvalue weighted by Gasteiger charge is 2.15. The SMILES string of the molecule is COCCn1c(SCC(=O)NC(C)c2ccc3ccccc3c2)nc2ccccc21. The third kappa shape index (κ3) is 4.50. The highest BCUT2D eigenvalue weighted by Crippen LogP contribution is 2.25. The lowest BCUT2D eigenvalue weighted by Gasteiger charge is -2.15. The van der Waals surface area contributed by atoms with E-state index >= 15 is 0 Å². The lowest BCUT2D eigenvalue weighted by molar-refractivity contribution is -0.119. The topological polar surface area (TPSA) is 56.1 Å². The summed E-state index contributed by atoms with van der Waals surface area (Å²) in [6.07, 6.45) is 0. The number of nitrogens with one attached hydrogen (secondary N) is 1. The number of ether oxygens (including phenoxy) is 1. The molecule has 1 heterocycles. The molecule has 0 spiro atoms. The van der Waals surface area contributed by atoms with E-state index in [4.69, 9.17) is 9.72 Å². The van der Waals surface area contributed by atoms with Gasteiger partial charge in [0.1, 0.15) is 0 Å². The average molecular weight is 420 g/mol. The minimum Gasteiger partial charge on any atom is -0.383 e. The van der Waals surface area contributed by atoms with Crippen LogP contribution in [0.2, 0.25) is 0 Å². The van der Waals surface area contributed by atoms with Gasteiger partial charge in [0.25, 0.3) is 0 Å². The van der Waals surface area contributed by atoms with Gasteiger partial charge < -0.3 is 14.6 Å². The molecule has 0 saturated carbocycles. The first-order chi connectivity index (χ1) is 14.7. The first-order valence-corrected chi connectivity index (χ1v) is 11.0. The summed E-state index contributed by atoms with van der Waals surface area (Å²) >= 11 is 1.46. The molecule has 5 nitrogen and oxygen atoms in total. The molecule has 3 aromatic carbocycles. The Balaban J connectivity index is 1.42. The van der Waals surface area contributed by atoms with Crippen molar-refractivity contribution in [1.82, 2.24) is 14.9 Å². The van der Waals surface area contributed by atoms with Crippen LogP contribution in [0.3, 0.4) is 0 Å². The number of para-hydroxylation sites is 2. The molecule has 4 aromatic rings. The van der Waals surface area contributed by atoms with Crippen molar-refractivity contribution in [3.8, 4) is 0 Å². The van der Waals surface area contributed by atoms with Crippen molar-refractivity contribution in [1.29, 1.82) is 0 Å². The van der Waals surface area contributed by atoms with Crippen molar-refractivity contribution in [2.24, 2.45) is 0 Å². The zero-order valence-electron chi connectivity index (χ0n) is 17.2. The Morgan fingerprint density at radius 1 is 1.10 bits per heavy atom. The van der Waals surface area contributed by atoms with Gasteiger partial charge in [-0.1, -0.05) is 60.3 Å². The highest BCUT2D eigenvalue weighted by atomic mass is 32.2. The molecule has 154 valence electrons. The van der Waals surface area contributed by atoms with Crippen LogP contribution in [0.1, 0.15) is 18.5 Å². The first-order valence-electron chi connectivity index (χ1n) is 10.0. The number of benzene rings is 3. The molecule has 0 radical (unpaired) electrons. The second-order valence-electron chi connectivity index (χ2n) is 7.21. The highest BCUT2D eigenvalue weighted by molar-refractivity contribution is 7.99. The lowest BCUT2D eigenvalue weighted by Crippen LogP contribution is -2.28. The maximum Gasteiger partial charge on any atom is 0.230 e. The Labute approximate surface area is 180 Å². The quantitative estimate of drug-likeness (QED) is 0.417. The van der Waals surface area contributed by atoms with E-state index in [1.807, 2.05) is 43.3 Å². The number of methoxy groups -OCH3 is 1. The summed E-state index contributed by atoms with van der Waals surface area (Å²) in [5.74, 6) is 0.305. The summed E-state index contributed by atoms with van der Waals surface area (Å²) in [5.41, 5.74) is 3.09.